The van der Waals surface area contributed by atoms with Crippen molar-refractivity contribution in [3.05, 3.63) is 158 Å². The number of fused-ring (bicyclic) bond motifs is 12. The molecule has 5 heteroatoms. The average molecular weight is 640 g/mol. The number of anilines is 6. The smallest absolute Gasteiger partial charge is 0.264 e. The van der Waals surface area contributed by atoms with Gasteiger partial charge in [-0.25, -0.2) is 0 Å². The molecule has 226 valence electrons. The SMILES string of the molecule is c1ccc(N2c3cc4c(cc3B3c5sc6ccccc6c5N(c5ccccc5)c5cccc2c53)c2cccc3c5ccccc5n4c32)cc1. The van der Waals surface area contributed by atoms with E-state index in [9.17, 15) is 0 Å². The number of nitrogens with zero attached hydrogens (tertiary/aromatic N) is 3. The molecular formula is C44H26BN3S. The molecule has 7 aromatic carbocycles. The summed E-state index contributed by atoms with van der Waals surface area (Å²) in [6.45, 7) is 0.0923. The molecule has 0 spiro atoms. The summed E-state index contributed by atoms with van der Waals surface area (Å²) in [5, 5.41) is 6.56. The molecule has 2 aliphatic heterocycles. The Morgan fingerprint density at radius 2 is 1.06 bits per heavy atom. The van der Waals surface area contributed by atoms with Gasteiger partial charge in [-0.2, -0.15) is 0 Å². The fourth-order valence-corrected chi connectivity index (χ4v) is 10.3. The van der Waals surface area contributed by atoms with Crippen molar-refractivity contribution in [2.45, 2.75) is 0 Å². The summed E-state index contributed by atoms with van der Waals surface area (Å²) in [6.07, 6.45) is 0. The summed E-state index contributed by atoms with van der Waals surface area (Å²) in [4.78, 5) is 5.03. The van der Waals surface area contributed by atoms with Gasteiger partial charge in [0.2, 0.25) is 0 Å². The predicted octanol–water partition coefficient (Wildman–Crippen LogP) is 10.1. The van der Waals surface area contributed by atoms with E-state index in [2.05, 4.69) is 172 Å². The molecule has 3 nitrogen and oxygen atoms in total. The van der Waals surface area contributed by atoms with E-state index in [4.69, 9.17) is 0 Å². The van der Waals surface area contributed by atoms with Crippen molar-refractivity contribution in [1.29, 1.82) is 0 Å². The number of hydrogen-bond donors (Lipinski definition) is 0. The highest BCUT2D eigenvalue weighted by atomic mass is 32.1. The third kappa shape index (κ3) is 3.23. The fourth-order valence-electron chi connectivity index (χ4n) is 8.99. The Balaban J connectivity index is 1.26. The van der Waals surface area contributed by atoms with Gasteiger partial charge in [-0.05, 0) is 65.5 Å². The Labute approximate surface area is 286 Å². The summed E-state index contributed by atoms with van der Waals surface area (Å²) >= 11 is 1.95. The van der Waals surface area contributed by atoms with Gasteiger partial charge in [-0.3, -0.25) is 0 Å². The fraction of sp³-hybridized carbons (Fsp3) is 0. The molecule has 0 fully saturated rings. The van der Waals surface area contributed by atoms with Gasteiger partial charge in [0.1, 0.15) is 0 Å². The topological polar surface area (TPSA) is 10.9 Å². The summed E-state index contributed by atoms with van der Waals surface area (Å²) < 4.78 is 5.23. The van der Waals surface area contributed by atoms with Gasteiger partial charge in [0, 0.05) is 64.8 Å². The third-order valence-corrected chi connectivity index (χ3v) is 12.1. The number of benzene rings is 7. The zero-order valence-corrected chi connectivity index (χ0v) is 27.2. The number of aromatic nitrogens is 1. The van der Waals surface area contributed by atoms with Crippen LogP contribution in [0.4, 0.5) is 34.1 Å². The van der Waals surface area contributed by atoms with Crippen LogP contribution in [0, 0.1) is 0 Å². The molecule has 0 aliphatic carbocycles. The number of hydrogen-bond acceptors (Lipinski definition) is 3. The van der Waals surface area contributed by atoms with E-state index in [1.165, 1.54) is 98.0 Å². The minimum absolute atomic E-state index is 0.0923. The second-order valence-electron chi connectivity index (χ2n) is 13.3. The first kappa shape index (κ1) is 26.0. The van der Waals surface area contributed by atoms with Crippen LogP contribution in [0.1, 0.15) is 0 Å². The first-order chi connectivity index (χ1) is 24.3. The summed E-state index contributed by atoms with van der Waals surface area (Å²) in [5.41, 5.74) is 13.9. The summed E-state index contributed by atoms with van der Waals surface area (Å²) in [5.74, 6) is 0. The van der Waals surface area contributed by atoms with E-state index in [1.807, 2.05) is 11.3 Å². The van der Waals surface area contributed by atoms with Crippen molar-refractivity contribution in [3.8, 4) is 0 Å². The number of para-hydroxylation sites is 4. The van der Waals surface area contributed by atoms with Crippen LogP contribution in [0.5, 0.6) is 0 Å². The lowest BCUT2D eigenvalue weighted by atomic mass is 9.36. The molecule has 5 heterocycles. The first-order valence-electron chi connectivity index (χ1n) is 16.9. The van der Waals surface area contributed by atoms with E-state index in [1.54, 1.807) is 0 Å². The molecular weight excluding hydrogens is 613 g/mol. The molecule has 12 rings (SSSR count). The Morgan fingerprint density at radius 1 is 0.449 bits per heavy atom. The van der Waals surface area contributed by atoms with Crippen molar-refractivity contribution >= 4 is 116 Å². The minimum Gasteiger partial charge on any atom is -0.311 e. The maximum absolute atomic E-state index is 2.54. The van der Waals surface area contributed by atoms with E-state index in [0.29, 0.717) is 0 Å². The van der Waals surface area contributed by atoms with Crippen molar-refractivity contribution < 1.29 is 0 Å². The quantitative estimate of drug-likeness (QED) is 0.174. The normalized spacial score (nSPS) is 13.6. The van der Waals surface area contributed by atoms with E-state index < -0.39 is 0 Å². The Morgan fingerprint density at radius 3 is 1.86 bits per heavy atom. The lowest BCUT2D eigenvalue weighted by molar-refractivity contribution is 1.26. The zero-order chi connectivity index (χ0) is 31.8. The zero-order valence-electron chi connectivity index (χ0n) is 26.3. The average Bonchev–Trinajstić information content (AvgIpc) is 3.82. The van der Waals surface area contributed by atoms with Gasteiger partial charge in [0.25, 0.3) is 6.71 Å². The Kier molecular flexibility index (Phi) is 4.94. The van der Waals surface area contributed by atoms with E-state index >= 15 is 0 Å². The molecule has 0 unspecified atom stereocenters. The van der Waals surface area contributed by atoms with Crippen LogP contribution in [0.3, 0.4) is 0 Å². The van der Waals surface area contributed by atoms with Gasteiger partial charge in [-0.15, -0.1) is 11.3 Å². The Bertz CT molecular complexity index is 2960. The molecule has 0 atom stereocenters. The van der Waals surface area contributed by atoms with Crippen LogP contribution in [0.25, 0.3) is 48.2 Å². The molecule has 0 radical (unpaired) electrons. The van der Waals surface area contributed by atoms with Crippen LogP contribution in [0.2, 0.25) is 0 Å². The van der Waals surface area contributed by atoms with Gasteiger partial charge in [-0.1, -0.05) is 103 Å². The van der Waals surface area contributed by atoms with Gasteiger partial charge >= 0.3 is 0 Å². The molecule has 0 saturated heterocycles. The van der Waals surface area contributed by atoms with E-state index in [0.717, 1.165) is 0 Å². The van der Waals surface area contributed by atoms with Gasteiger partial charge in [0.05, 0.1) is 22.2 Å². The summed E-state index contributed by atoms with van der Waals surface area (Å²) in [6, 6.07) is 58.4. The molecule has 0 saturated carbocycles. The second-order valence-corrected chi connectivity index (χ2v) is 14.4. The van der Waals surface area contributed by atoms with E-state index in [-0.39, 0.29) is 6.71 Å². The number of thiophene rings is 1. The van der Waals surface area contributed by atoms with Crippen molar-refractivity contribution in [1.82, 2.24) is 4.40 Å². The molecule has 0 amide bonds. The van der Waals surface area contributed by atoms with Crippen molar-refractivity contribution in [2.24, 2.45) is 0 Å². The van der Waals surface area contributed by atoms with Crippen molar-refractivity contribution in [3.63, 3.8) is 0 Å². The second kappa shape index (κ2) is 9.31. The van der Waals surface area contributed by atoms with Crippen LogP contribution in [-0.4, -0.2) is 11.1 Å². The molecule has 0 N–H and O–H groups in total. The lowest BCUT2D eigenvalue weighted by Gasteiger charge is -2.43. The Hall–Kier alpha value is -6.04. The highest BCUT2D eigenvalue weighted by Crippen LogP contribution is 2.49. The monoisotopic (exact) mass is 639 g/mol. The van der Waals surface area contributed by atoms with Gasteiger partial charge < -0.3 is 14.2 Å². The minimum atomic E-state index is 0.0923. The van der Waals surface area contributed by atoms with Crippen LogP contribution in [0.15, 0.2) is 158 Å². The first-order valence-corrected chi connectivity index (χ1v) is 17.7. The lowest BCUT2D eigenvalue weighted by Crippen LogP contribution is -2.60. The molecule has 49 heavy (non-hydrogen) atoms. The molecule has 2 aliphatic rings. The highest BCUT2D eigenvalue weighted by Gasteiger charge is 2.45. The molecule has 3 aromatic heterocycles. The largest absolute Gasteiger partial charge is 0.311 e. The standard InChI is InChI=1S/C44H26BN3S/c1-3-13-27(14-4-1)46-36-22-12-23-37-41(36)45(44-43(32-18-8-10-24-40(32)49-44)47(37)28-15-5-2-6-16-28)34-25-33-31-20-11-19-30-29-17-7-9-21-35(29)48(42(30)31)38(33)26-39(34)46/h1-26H. The predicted molar refractivity (Wildman–Crippen MR) is 211 cm³/mol. The maximum Gasteiger partial charge on any atom is 0.264 e. The molecule has 0 bridgehead atoms. The van der Waals surface area contributed by atoms with Crippen molar-refractivity contribution in [2.75, 3.05) is 9.80 Å². The molecule has 10 aromatic rings. The van der Waals surface area contributed by atoms with Crippen LogP contribution >= 0.6 is 11.3 Å². The van der Waals surface area contributed by atoms with Crippen LogP contribution in [-0.2, 0) is 0 Å². The third-order valence-electron chi connectivity index (χ3n) is 10.9. The highest BCUT2D eigenvalue weighted by molar-refractivity contribution is 7.33. The van der Waals surface area contributed by atoms with Crippen LogP contribution < -0.4 is 25.5 Å². The number of rotatable bonds is 2. The maximum atomic E-state index is 2.54. The van der Waals surface area contributed by atoms with Gasteiger partial charge in [0.15, 0.2) is 0 Å². The summed E-state index contributed by atoms with van der Waals surface area (Å²) in [7, 11) is 0.